The second kappa shape index (κ2) is 4.78. The number of nitrogens with zero attached hydrogens (tertiary/aromatic N) is 1. The van der Waals surface area contributed by atoms with Crippen molar-refractivity contribution in [3.8, 4) is 0 Å². The Bertz CT molecular complexity index is 725. The van der Waals surface area contributed by atoms with E-state index in [4.69, 9.17) is 4.42 Å². The second-order valence-corrected chi connectivity index (χ2v) is 5.42. The number of furan rings is 1. The Morgan fingerprint density at radius 1 is 1.30 bits per heavy atom. The summed E-state index contributed by atoms with van der Waals surface area (Å²) in [5.74, 6) is 1.10. The molecule has 1 aromatic heterocycles. The number of hydrogen-bond donors (Lipinski definition) is 0. The van der Waals surface area contributed by atoms with E-state index in [2.05, 4.69) is 6.92 Å². The Morgan fingerprint density at radius 2 is 2.05 bits per heavy atom. The molecule has 3 rings (SSSR count). The number of hydrogen-bond acceptors (Lipinski definition) is 3. The van der Waals surface area contributed by atoms with Gasteiger partial charge in [0.25, 0.3) is 0 Å². The standard InChI is InChI=1S/C16H17NO3/c1-10-9-12(7-8-17(18)19)11(2)16-15(10)13-5-3-4-6-14(13)20-16/h7-9H,3-6H2,1-2H3/b8-7+. The normalized spacial score (nSPS) is 14.9. The van der Waals surface area contributed by atoms with Crippen LogP contribution in [0.1, 0.15) is 40.9 Å². The molecule has 0 radical (unpaired) electrons. The summed E-state index contributed by atoms with van der Waals surface area (Å²) in [6.45, 7) is 4.02. The van der Waals surface area contributed by atoms with E-state index in [1.807, 2.05) is 13.0 Å². The van der Waals surface area contributed by atoms with E-state index in [1.165, 1.54) is 23.8 Å². The lowest BCUT2D eigenvalue weighted by atomic mass is 9.92. The molecular weight excluding hydrogens is 254 g/mol. The van der Waals surface area contributed by atoms with Gasteiger partial charge >= 0.3 is 0 Å². The van der Waals surface area contributed by atoms with Gasteiger partial charge in [-0.1, -0.05) is 6.07 Å². The van der Waals surface area contributed by atoms with Crippen LogP contribution >= 0.6 is 0 Å². The maximum absolute atomic E-state index is 10.5. The largest absolute Gasteiger partial charge is 0.460 e. The number of nitro groups is 1. The zero-order valence-corrected chi connectivity index (χ0v) is 11.7. The van der Waals surface area contributed by atoms with Gasteiger partial charge in [0.05, 0.1) is 4.92 Å². The molecule has 1 aromatic carbocycles. The number of fused-ring (bicyclic) bond motifs is 3. The van der Waals surface area contributed by atoms with Crippen molar-refractivity contribution in [1.29, 1.82) is 0 Å². The van der Waals surface area contributed by atoms with Crippen molar-refractivity contribution in [2.75, 3.05) is 0 Å². The summed E-state index contributed by atoms with van der Waals surface area (Å²) in [5.41, 5.74) is 5.23. The highest BCUT2D eigenvalue weighted by atomic mass is 16.6. The van der Waals surface area contributed by atoms with E-state index in [9.17, 15) is 10.1 Å². The van der Waals surface area contributed by atoms with Crippen LogP contribution in [0.5, 0.6) is 0 Å². The lowest BCUT2D eigenvalue weighted by Crippen LogP contribution is -1.99. The zero-order valence-electron chi connectivity index (χ0n) is 11.7. The first-order valence-electron chi connectivity index (χ1n) is 6.94. The van der Waals surface area contributed by atoms with E-state index in [-0.39, 0.29) is 0 Å². The van der Waals surface area contributed by atoms with Crippen molar-refractivity contribution < 1.29 is 9.34 Å². The van der Waals surface area contributed by atoms with Crippen LogP contribution in [0.4, 0.5) is 0 Å². The van der Waals surface area contributed by atoms with Gasteiger partial charge in [0.2, 0.25) is 6.20 Å². The molecular formula is C16H17NO3. The summed E-state index contributed by atoms with van der Waals surface area (Å²) in [7, 11) is 0. The molecule has 0 spiro atoms. The van der Waals surface area contributed by atoms with Crippen LogP contribution in [0.3, 0.4) is 0 Å². The Morgan fingerprint density at radius 3 is 2.80 bits per heavy atom. The van der Waals surface area contributed by atoms with E-state index in [0.29, 0.717) is 0 Å². The minimum atomic E-state index is -0.438. The molecule has 0 saturated heterocycles. The highest BCUT2D eigenvalue weighted by Gasteiger charge is 2.21. The molecule has 0 aliphatic heterocycles. The minimum Gasteiger partial charge on any atom is -0.460 e. The Kier molecular flexibility index (Phi) is 3.08. The van der Waals surface area contributed by atoms with Gasteiger partial charge in [0.15, 0.2) is 0 Å². The molecule has 0 saturated carbocycles. The third-order valence-electron chi connectivity index (χ3n) is 4.09. The molecule has 1 aliphatic rings. The lowest BCUT2D eigenvalue weighted by molar-refractivity contribution is -0.400. The quantitative estimate of drug-likeness (QED) is 0.608. The van der Waals surface area contributed by atoms with Gasteiger partial charge in [0.1, 0.15) is 11.3 Å². The third-order valence-corrected chi connectivity index (χ3v) is 4.09. The molecule has 20 heavy (non-hydrogen) atoms. The molecule has 0 atom stereocenters. The summed E-state index contributed by atoms with van der Waals surface area (Å²) >= 11 is 0. The van der Waals surface area contributed by atoms with Crippen LogP contribution in [-0.4, -0.2) is 4.92 Å². The molecule has 4 nitrogen and oxygen atoms in total. The lowest BCUT2D eigenvalue weighted by Gasteiger charge is -2.09. The van der Waals surface area contributed by atoms with Crippen LogP contribution < -0.4 is 0 Å². The molecule has 2 aromatic rings. The average molecular weight is 271 g/mol. The van der Waals surface area contributed by atoms with Crippen molar-refractivity contribution >= 4 is 17.0 Å². The highest BCUT2D eigenvalue weighted by Crippen LogP contribution is 2.37. The summed E-state index contributed by atoms with van der Waals surface area (Å²) in [6, 6.07) is 2.02. The van der Waals surface area contributed by atoms with Gasteiger partial charge in [-0.05, 0) is 49.8 Å². The van der Waals surface area contributed by atoms with E-state index < -0.39 is 4.92 Å². The van der Waals surface area contributed by atoms with Crippen molar-refractivity contribution in [2.24, 2.45) is 0 Å². The van der Waals surface area contributed by atoms with Gasteiger partial charge in [-0.25, -0.2) is 0 Å². The van der Waals surface area contributed by atoms with E-state index in [1.54, 1.807) is 6.08 Å². The predicted molar refractivity (Wildman–Crippen MR) is 78.4 cm³/mol. The Labute approximate surface area is 117 Å². The van der Waals surface area contributed by atoms with Gasteiger partial charge in [0, 0.05) is 23.4 Å². The van der Waals surface area contributed by atoms with Gasteiger partial charge < -0.3 is 4.42 Å². The van der Waals surface area contributed by atoms with Crippen LogP contribution in [0.15, 0.2) is 16.7 Å². The smallest absolute Gasteiger partial charge is 0.235 e. The van der Waals surface area contributed by atoms with Gasteiger partial charge in [-0.3, -0.25) is 10.1 Å². The average Bonchev–Trinajstić information content (AvgIpc) is 2.81. The van der Waals surface area contributed by atoms with Crippen LogP contribution in [0.25, 0.3) is 17.0 Å². The summed E-state index contributed by atoms with van der Waals surface area (Å²) < 4.78 is 6.05. The zero-order chi connectivity index (χ0) is 14.3. The maximum Gasteiger partial charge on any atom is 0.235 e. The molecule has 104 valence electrons. The van der Waals surface area contributed by atoms with E-state index >= 15 is 0 Å². The fraction of sp³-hybridized carbons (Fsp3) is 0.375. The summed E-state index contributed by atoms with van der Waals surface area (Å²) in [4.78, 5) is 10.0. The maximum atomic E-state index is 10.5. The third kappa shape index (κ3) is 2.01. The molecule has 0 fully saturated rings. The first-order valence-corrected chi connectivity index (χ1v) is 6.94. The molecule has 0 bridgehead atoms. The van der Waals surface area contributed by atoms with Crippen molar-refractivity contribution in [2.45, 2.75) is 39.5 Å². The van der Waals surface area contributed by atoms with Crippen molar-refractivity contribution in [3.63, 3.8) is 0 Å². The van der Waals surface area contributed by atoms with Crippen molar-refractivity contribution in [1.82, 2.24) is 0 Å². The van der Waals surface area contributed by atoms with Gasteiger partial charge in [-0.15, -0.1) is 0 Å². The summed E-state index contributed by atoms with van der Waals surface area (Å²) in [5, 5.41) is 11.7. The first kappa shape index (κ1) is 12.9. The Balaban J connectivity index is 2.23. The molecule has 4 heteroatoms. The molecule has 0 N–H and O–H groups in total. The predicted octanol–water partition coefficient (Wildman–Crippen LogP) is 4.18. The summed E-state index contributed by atoms with van der Waals surface area (Å²) in [6.07, 6.45) is 7.00. The molecule has 1 heterocycles. The fourth-order valence-corrected chi connectivity index (χ4v) is 3.11. The number of benzene rings is 1. The highest BCUT2D eigenvalue weighted by molar-refractivity contribution is 5.90. The molecule has 0 amide bonds. The minimum absolute atomic E-state index is 0.438. The number of rotatable bonds is 2. The molecule has 0 unspecified atom stereocenters. The first-order chi connectivity index (χ1) is 9.58. The Hall–Kier alpha value is -2.10. The SMILES string of the molecule is Cc1c(/C=C/[N+](=O)[O-])cc(C)c2c3c(oc12)CCCC3. The fourth-order valence-electron chi connectivity index (χ4n) is 3.11. The van der Waals surface area contributed by atoms with Crippen LogP contribution in [0, 0.1) is 24.0 Å². The van der Waals surface area contributed by atoms with Crippen molar-refractivity contribution in [3.05, 3.63) is 50.4 Å². The van der Waals surface area contributed by atoms with Gasteiger partial charge in [-0.2, -0.15) is 0 Å². The van der Waals surface area contributed by atoms with Crippen LogP contribution in [0.2, 0.25) is 0 Å². The second-order valence-electron chi connectivity index (χ2n) is 5.42. The number of aryl methyl sites for hydroxylation is 4. The van der Waals surface area contributed by atoms with E-state index in [0.717, 1.165) is 47.1 Å². The molecule has 1 aliphatic carbocycles. The monoisotopic (exact) mass is 271 g/mol. The van der Waals surface area contributed by atoms with Crippen LogP contribution in [-0.2, 0) is 12.8 Å². The topological polar surface area (TPSA) is 56.3 Å².